The van der Waals surface area contributed by atoms with Crippen LogP contribution in [0.2, 0.25) is 0 Å². The molecule has 0 saturated heterocycles. The van der Waals surface area contributed by atoms with Crippen molar-refractivity contribution in [3.8, 4) is 0 Å². The van der Waals surface area contributed by atoms with Crippen LogP contribution in [0.3, 0.4) is 0 Å². The fourth-order valence-electron chi connectivity index (χ4n) is 2.38. The maximum Gasteiger partial charge on any atom is 0.309 e. The second kappa shape index (κ2) is 4.47. The van der Waals surface area contributed by atoms with Crippen molar-refractivity contribution in [3.05, 3.63) is 17.5 Å². The predicted molar refractivity (Wildman–Crippen MR) is 55.8 cm³/mol. The predicted octanol–water partition coefficient (Wildman–Crippen LogP) is 2.08. The second-order valence-electron chi connectivity index (χ2n) is 4.21. The van der Waals surface area contributed by atoms with Gasteiger partial charge in [-0.3, -0.25) is 9.89 Å². The zero-order chi connectivity index (χ0) is 10.7. The molecule has 0 atom stereocenters. The van der Waals surface area contributed by atoms with Crippen LogP contribution in [0.5, 0.6) is 0 Å². The van der Waals surface area contributed by atoms with Crippen molar-refractivity contribution in [3.63, 3.8) is 0 Å². The van der Waals surface area contributed by atoms with Crippen molar-refractivity contribution in [1.29, 1.82) is 0 Å². The lowest BCUT2D eigenvalue weighted by Crippen LogP contribution is -2.09. The van der Waals surface area contributed by atoms with Gasteiger partial charge in [-0.25, -0.2) is 0 Å². The minimum Gasteiger partial charge on any atom is -0.481 e. The van der Waals surface area contributed by atoms with E-state index in [0.29, 0.717) is 5.92 Å². The van der Waals surface area contributed by atoms with Gasteiger partial charge in [-0.05, 0) is 24.3 Å². The van der Waals surface area contributed by atoms with Crippen LogP contribution in [0.25, 0.3) is 0 Å². The number of aromatic nitrogens is 2. The Morgan fingerprint density at radius 2 is 2.20 bits per heavy atom. The van der Waals surface area contributed by atoms with Gasteiger partial charge in [-0.2, -0.15) is 5.10 Å². The quantitative estimate of drug-likeness (QED) is 0.799. The summed E-state index contributed by atoms with van der Waals surface area (Å²) in [5.41, 5.74) is 1.91. The molecule has 1 saturated carbocycles. The Morgan fingerprint density at radius 3 is 2.87 bits per heavy atom. The Kier molecular flexibility index (Phi) is 3.04. The van der Waals surface area contributed by atoms with E-state index in [9.17, 15) is 4.79 Å². The van der Waals surface area contributed by atoms with E-state index < -0.39 is 5.97 Å². The largest absolute Gasteiger partial charge is 0.481 e. The summed E-state index contributed by atoms with van der Waals surface area (Å²) in [5, 5.41) is 15.5. The third-order valence-electron chi connectivity index (χ3n) is 3.12. The molecule has 1 aromatic rings. The molecule has 1 fully saturated rings. The van der Waals surface area contributed by atoms with Gasteiger partial charge in [0.25, 0.3) is 0 Å². The molecular formula is C11H16N2O2. The molecule has 0 amide bonds. The van der Waals surface area contributed by atoms with Crippen LogP contribution < -0.4 is 0 Å². The number of hydrogen-bond donors (Lipinski definition) is 2. The molecule has 0 aromatic carbocycles. The van der Waals surface area contributed by atoms with Crippen molar-refractivity contribution in [2.24, 2.45) is 0 Å². The zero-order valence-corrected chi connectivity index (χ0v) is 8.70. The van der Waals surface area contributed by atoms with Crippen LogP contribution >= 0.6 is 0 Å². The fraction of sp³-hybridized carbons (Fsp3) is 0.636. The Labute approximate surface area is 88.7 Å². The summed E-state index contributed by atoms with van der Waals surface area (Å²) in [7, 11) is 0. The van der Waals surface area contributed by atoms with Gasteiger partial charge >= 0.3 is 5.97 Å². The van der Waals surface area contributed by atoms with Gasteiger partial charge in [0.2, 0.25) is 0 Å². The maximum atomic E-state index is 10.7. The monoisotopic (exact) mass is 208 g/mol. The third-order valence-corrected chi connectivity index (χ3v) is 3.12. The second-order valence-corrected chi connectivity index (χ2v) is 4.21. The van der Waals surface area contributed by atoms with E-state index in [0.717, 1.165) is 11.3 Å². The SMILES string of the molecule is O=C(O)Cc1[nH]ncc1C1CCCCC1. The molecule has 15 heavy (non-hydrogen) atoms. The number of rotatable bonds is 3. The molecular weight excluding hydrogens is 192 g/mol. The fourth-order valence-corrected chi connectivity index (χ4v) is 2.38. The van der Waals surface area contributed by atoms with Gasteiger partial charge in [-0.15, -0.1) is 0 Å². The Hall–Kier alpha value is -1.32. The van der Waals surface area contributed by atoms with Crippen molar-refractivity contribution in [2.45, 2.75) is 44.4 Å². The van der Waals surface area contributed by atoms with E-state index >= 15 is 0 Å². The van der Waals surface area contributed by atoms with Crippen molar-refractivity contribution in [1.82, 2.24) is 10.2 Å². The molecule has 4 heteroatoms. The van der Waals surface area contributed by atoms with Crippen molar-refractivity contribution < 1.29 is 9.90 Å². The van der Waals surface area contributed by atoms with E-state index in [1.165, 1.54) is 32.1 Å². The van der Waals surface area contributed by atoms with E-state index in [1.54, 1.807) is 6.20 Å². The van der Waals surface area contributed by atoms with E-state index in [4.69, 9.17) is 5.11 Å². The average Bonchev–Trinajstić information content (AvgIpc) is 2.66. The molecule has 82 valence electrons. The normalized spacial score (nSPS) is 17.9. The van der Waals surface area contributed by atoms with Crippen LogP contribution in [0.15, 0.2) is 6.20 Å². The van der Waals surface area contributed by atoms with Crippen LogP contribution in [0.4, 0.5) is 0 Å². The van der Waals surface area contributed by atoms with Crippen LogP contribution in [-0.4, -0.2) is 21.3 Å². The first-order valence-corrected chi connectivity index (χ1v) is 5.51. The number of hydrogen-bond acceptors (Lipinski definition) is 2. The molecule has 1 heterocycles. The molecule has 0 radical (unpaired) electrons. The summed E-state index contributed by atoms with van der Waals surface area (Å²) in [5.74, 6) is -0.275. The number of carbonyl (C=O) groups is 1. The minimum atomic E-state index is -0.795. The lowest BCUT2D eigenvalue weighted by Gasteiger charge is -2.21. The van der Waals surface area contributed by atoms with Gasteiger partial charge in [0, 0.05) is 5.69 Å². The molecule has 1 aromatic heterocycles. The smallest absolute Gasteiger partial charge is 0.309 e. The van der Waals surface area contributed by atoms with Crippen LogP contribution in [-0.2, 0) is 11.2 Å². The molecule has 2 rings (SSSR count). The minimum absolute atomic E-state index is 0.0613. The third kappa shape index (κ3) is 2.37. The molecule has 0 aliphatic heterocycles. The van der Waals surface area contributed by atoms with Gasteiger partial charge in [0.15, 0.2) is 0 Å². The highest BCUT2D eigenvalue weighted by atomic mass is 16.4. The average molecular weight is 208 g/mol. The Balaban J connectivity index is 2.12. The van der Waals surface area contributed by atoms with E-state index in [-0.39, 0.29) is 6.42 Å². The first-order valence-electron chi connectivity index (χ1n) is 5.51. The number of nitrogens with zero attached hydrogens (tertiary/aromatic N) is 1. The summed E-state index contributed by atoms with van der Waals surface area (Å²) in [4.78, 5) is 10.7. The number of aromatic amines is 1. The van der Waals surface area contributed by atoms with Gasteiger partial charge in [0.05, 0.1) is 12.6 Å². The van der Waals surface area contributed by atoms with E-state index in [1.807, 2.05) is 0 Å². The Morgan fingerprint density at radius 1 is 1.47 bits per heavy atom. The van der Waals surface area contributed by atoms with Crippen molar-refractivity contribution >= 4 is 5.97 Å². The molecule has 4 nitrogen and oxygen atoms in total. The first-order chi connectivity index (χ1) is 7.27. The number of H-pyrrole nitrogens is 1. The highest BCUT2D eigenvalue weighted by Crippen LogP contribution is 2.33. The van der Waals surface area contributed by atoms with Crippen molar-refractivity contribution in [2.75, 3.05) is 0 Å². The van der Waals surface area contributed by atoms with Gasteiger partial charge in [0.1, 0.15) is 0 Å². The standard InChI is InChI=1S/C11H16N2O2/c14-11(15)6-10-9(7-12-13-10)8-4-2-1-3-5-8/h7-8H,1-6H2,(H,12,13)(H,14,15). The van der Waals surface area contributed by atoms with Crippen LogP contribution in [0.1, 0.15) is 49.3 Å². The highest BCUT2D eigenvalue weighted by molar-refractivity contribution is 5.70. The lowest BCUT2D eigenvalue weighted by molar-refractivity contribution is -0.136. The first kappa shape index (κ1) is 10.2. The number of carboxylic acids is 1. The zero-order valence-electron chi connectivity index (χ0n) is 8.70. The molecule has 0 spiro atoms. The summed E-state index contributed by atoms with van der Waals surface area (Å²) >= 11 is 0. The summed E-state index contributed by atoms with van der Waals surface area (Å²) in [6, 6.07) is 0. The Bertz CT molecular complexity index is 340. The molecule has 0 bridgehead atoms. The summed E-state index contributed by atoms with van der Waals surface area (Å²) < 4.78 is 0. The number of carboxylic acid groups (broad SMARTS) is 1. The number of nitrogens with one attached hydrogen (secondary N) is 1. The number of aliphatic carboxylic acids is 1. The highest BCUT2D eigenvalue weighted by Gasteiger charge is 2.20. The topological polar surface area (TPSA) is 66.0 Å². The summed E-state index contributed by atoms with van der Waals surface area (Å²) in [6.45, 7) is 0. The van der Waals surface area contributed by atoms with E-state index in [2.05, 4.69) is 10.2 Å². The van der Waals surface area contributed by atoms with Crippen LogP contribution in [0, 0.1) is 0 Å². The molecule has 2 N–H and O–H groups in total. The lowest BCUT2D eigenvalue weighted by atomic mass is 9.84. The molecule has 1 aliphatic carbocycles. The maximum absolute atomic E-state index is 10.7. The van der Waals surface area contributed by atoms with Gasteiger partial charge < -0.3 is 5.11 Å². The molecule has 0 unspecified atom stereocenters. The summed E-state index contributed by atoms with van der Waals surface area (Å²) in [6.07, 6.45) is 8.02. The van der Waals surface area contributed by atoms with Gasteiger partial charge in [-0.1, -0.05) is 19.3 Å². The molecule has 1 aliphatic rings.